The maximum atomic E-state index is 3.77. The highest BCUT2D eigenvalue weighted by Gasteiger charge is 2.36. The fraction of sp³-hybridized carbons (Fsp3) is 0.818. The lowest BCUT2D eigenvalue weighted by molar-refractivity contribution is 0.320. The normalized spacial score (nSPS) is 43.5. The Hall–Kier alpha value is -0.340. The summed E-state index contributed by atoms with van der Waals surface area (Å²) < 4.78 is 0. The van der Waals surface area contributed by atoms with Gasteiger partial charge in [-0.3, -0.25) is 0 Å². The average Bonchev–Trinajstić information content (AvgIpc) is 2.83. The molecule has 0 bridgehead atoms. The Morgan fingerprint density at radius 3 is 3.00 bits per heavy atom. The standard InChI is InChI=1S/C11H18N2/c1-2-8-6-12-7-10(8)11(3-1)13-9-4-5-9/h1-2,8-13H,3-7H2. The SMILES string of the molecule is C1=CC2CNCC2C(NC2CC2)C1. The molecule has 72 valence electrons. The van der Waals surface area contributed by atoms with E-state index in [1.54, 1.807) is 0 Å². The van der Waals surface area contributed by atoms with E-state index in [2.05, 4.69) is 22.8 Å². The van der Waals surface area contributed by atoms with Crippen LogP contribution in [0.3, 0.4) is 0 Å². The van der Waals surface area contributed by atoms with Crippen LogP contribution < -0.4 is 10.6 Å². The van der Waals surface area contributed by atoms with E-state index in [-0.39, 0.29) is 0 Å². The molecular formula is C11H18N2. The lowest BCUT2D eigenvalue weighted by Gasteiger charge is -2.30. The molecule has 2 nitrogen and oxygen atoms in total. The van der Waals surface area contributed by atoms with Crippen LogP contribution in [0, 0.1) is 11.8 Å². The van der Waals surface area contributed by atoms with Gasteiger partial charge in [0.1, 0.15) is 0 Å². The van der Waals surface area contributed by atoms with Crippen molar-refractivity contribution in [3.05, 3.63) is 12.2 Å². The monoisotopic (exact) mass is 178 g/mol. The first-order chi connectivity index (χ1) is 6.43. The van der Waals surface area contributed by atoms with Gasteiger partial charge >= 0.3 is 0 Å². The van der Waals surface area contributed by atoms with E-state index in [0.717, 1.165) is 23.9 Å². The minimum atomic E-state index is 0.762. The van der Waals surface area contributed by atoms with Crippen LogP contribution in [0.4, 0.5) is 0 Å². The van der Waals surface area contributed by atoms with Crippen molar-refractivity contribution in [1.82, 2.24) is 10.6 Å². The molecule has 1 saturated heterocycles. The predicted octanol–water partition coefficient (Wildman–Crippen LogP) is 0.902. The number of hydrogen-bond donors (Lipinski definition) is 2. The molecule has 3 atom stereocenters. The Labute approximate surface area is 79.8 Å². The van der Waals surface area contributed by atoms with Crippen LogP contribution in [0.5, 0.6) is 0 Å². The van der Waals surface area contributed by atoms with Crippen molar-refractivity contribution in [3.8, 4) is 0 Å². The molecule has 1 saturated carbocycles. The molecule has 0 amide bonds. The van der Waals surface area contributed by atoms with Gasteiger partial charge in [0, 0.05) is 25.2 Å². The van der Waals surface area contributed by atoms with Gasteiger partial charge in [-0.05, 0) is 31.1 Å². The summed E-state index contributed by atoms with van der Waals surface area (Å²) >= 11 is 0. The van der Waals surface area contributed by atoms with Crippen molar-refractivity contribution >= 4 is 0 Å². The first-order valence-electron chi connectivity index (χ1n) is 5.57. The summed E-state index contributed by atoms with van der Waals surface area (Å²) in [5.41, 5.74) is 0. The molecule has 3 rings (SSSR count). The Bertz CT molecular complexity index is 220. The maximum absolute atomic E-state index is 3.77. The zero-order valence-electron chi connectivity index (χ0n) is 8.00. The minimum absolute atomic E-state index is 0.762. The first-order valence-corrected chi connectivity index (χ1v) is 5.57. The molecule has 2 aliphatic carbocycles. The van der Waals surface area contributed by atoms with Crippen LogP contribution in [0.15, 0.2) is 12.2 Å². The molecule has 1 aliphatic heterocycles. The highest BCUT2D eigenvalue weighted by molar-refractivity contribution is 5.08. The van der Waals surface area contributed by atoms with E-state index in [4.69, 9.17) is 0 Å². The molecule has 0 radical (unpaired) electrons. The summed E-state index contributed by atoms with van der Waals surface area (Å²) in [5, 5.41) is 7.27. The quantitative estimate of drug-likeness (QED) is 0.614. The highest BCUT2D eigenvalue weighted by Crippen LogP contribution is 2.30. The van der Waals surface area contributed by atoms with Crippen LogP contribution >= 0.6 is 0 Å². The average molecular weight is 178 g/mol. The largest absolute Gasteiger partial charge is 0.316 e. The summed E-state index contributed by atoms with van der Waals surface area (Å²) in [6, 6.07) is 1.62. The first kappa shape index (κ1) is 8.01. The van der Waals surface area contributed by atoms with Gasteiger partial charge in [-0.25, -0.2) is 0 Å². The van der Waals surface area contributed by atoms with Gasteiger partial charge in [-0.15, -0.1) is 0 Å². The van der Waals surface area contributed by atoms with Crippen molar-refractivity contribution in [2.45, 2.75) is 31.3 Å². The minimum Gasteiger partial charge on any atom is -0.316 e. The topological polar surface area (TPSA) is 24.1 Å². The van der Waals surface area contributed by atoms with E-state index in [0.29, 0.717) is 0 Å². The van der Waals surface area contributed by atoms with Gasteiger partial charge in [0.25, 0.3) is 0 Å². The van der Waals surface area contributed by atoms with Crippen LogP contribution in [-0.2, 0) is 0 Å². The lowest BCUT2D eigenvalue weighted by atomic mass is 9.82. The second-order valence-corrected chi connectivity index (χ2v) is 4.70. The van der Waals surface area contributed by atoms with Crippen molar-refractivity contribution in [2.75, 3.05) is 13.1 Å². The number of fused-ring (bicyclic) bond motifs is 1. The third-order valence-electron chi connectivity index (χ3n) is 3.63. The molecule has 0 aromatic heterocycles. The summed E-state index contributed by atoms with van der Waals surface area (Å²) in [6.45, 7) is 2.42. The van der Waals surface area contributed by atoms with Crippen molar-refractivity contribution in [1.29, 1.82) is 0 Å². The van der Waals surface area contributed by atoms with Crippen LogP contribution in [0.25, 0.3) is 0 Å². The summed E-state index contributed by atoms with van der Waals surface area (Å²) in [4.78, 5) is 0. The molecule has 0 aromatic carbocycles. The van der Waals surface area contributed by atoms with Crippen LogP contribution in [0.2, 0.25) is 0 Å². The van der Waals surface area contributed by atoms with Crippen LogP contribution in [0.1, 0.15) is 19.3 Å². The van der Waals surface area contributed by atoms with E-state index in [1.807, 2.05) is 0 Å². The van der Waals surface area contributed by atoms with E-state index < -0.39 is 0 Å². The number of rotatable bonds is 2. The fourth-order valence-corrected chi connectivity index (χ4v) is 2.69. The Morgan fingerprint density at radius 1 is 1.23 bits per heavy atom. The fourth-order valence-electron chi connectivity index (χ4n) is 2.69. The molecule has 1 heterocycles. The van der Waals surface area contributed by atoms with Crippen molar-refractivity contribution in [2.24, 2.45) is 11.8 Å². The van der Waals surface area contributed by atoms with Gasteiger partial charge in [-0.2, -0.15) is 0 Å². The van der Waals surface area contributed by atoms with Crippen LogP contribution in [-0.4, -0.2) is 25.2 Å². The summed E-state index contributed by atoms with van der Waals surface area (Å²) in [6.07, 6.45) is 8.85. The van der Waals surface area contributed by atoms with Gasteiger partial charge in [0.05, 0.1) is 0 Å². The molecule has 13 heavy (non-hydrogen) atoms. The number of nitrogens with one attached hydrogen (secondary N) is 2. The summed E-state index contributed by atoms with van der Waals surface area (Å²) in [7, 11) is 0. The molecule has 3 aliphatic rings. The second kappa shape index (κ2) is 3.10. The third-order valence-corrected chi connectivity index (χ3v) is 3.63. The number of hydrogen-bond acceptors (Lipinski definition) is 2. The zero-order chi connectivity index (χ0) is 8.67. The lowest BCUT2D eigenvalue weighted by Crippen LogP contribution is -2.42. The van der Waals surface area contributed by atoms with E-state index >= 15 is 0 Å². The van der Waals surface area contributed by atoms with Gasteiger partial charge in [0.15, 0.2) is 0 Å². The zero-order valence-corrected chi connectivity index (χ0v) is 8.00. The van der Waals surface area contributed by atoms with Gasteiger partial charge in [0.2, 0.25) is 0 Å². The van der Waals surface area contributed by atoms with E-state index in [1.165, 1.54) is 32.4 Å². The Balaban J connectivity index is 1.68. The third kappa shape index (κ3) is 1.53. The van der Waals surface area contributed by atoms with E-state index in [9.17, 15) is 0 Å². The van der Waals surface area contributed by atoms with Gasteiger partial charge in [-0.1, -0.05) is 12.2 Å². The molecule has 0 aromatic rings. The Morgan fingerprint density at radius 2 is 2.15 bits per heavy atom. The molecule has 2 heteroatoms. The molecule has 2 fully saturated rings. The van der Waals surface area contributed by atoms with Crippen molar-refractivity contribution in [3.63, 3.8) is 0 Å². The van der Waals surface area contributed by atoms with Gasteiger partial charge < -0.3 is 10.6 Å². The molecule has 0 spiro atoms. The Kier molecular flexibility index (Phi) is 1.91. The molecular weight excluding hydrogens is 160 g/mol. The summed E-state index contributed by atoms with van der Waals surface area (Å²) in [5.74, 6) is 1.68. The smallest absolute Gasteiger partial charge is 0.0151 e. The maximum Gasteiger partial charge on any atom is 0.0151 e. The highest BCUT2D eigenvalue weighted by atomic mass is 15.0. The molecule has 3 unspecified atom stereocenters. The molecule has 2 N–H and O–H groups in total. The van der Waals surface area contributed by atoms with Crippen molar-refractivity contribution < 1.29 is 0 Å². The second-order valence-electron chi connectivity index (χ2n) is 4.70. The predicted molar refractivity (Wildman–Crippen MR) is 53.6 cm³/mol.